The highest BCUT2D eigenvalue weighted by atomic mass is 35.5. The molecule has 7 heteroatoms. The van der Waals surface area contributed by atoms with E-state index in [9.17, 15) is 9.18 Å². The minimum Gasteiger partial charge on any atom is -0.348 e. The van der Waals surface area contributed by atoms with Crippen LogP contribution in [-0.4, -0.2) is 20.7 Å². The van der Waals surface area contributed by atoms with E-state index in [1.165, 1.54) is 12.1 Å². The van der Waals surface area contributed by atoms with Crippen molar-refractivity contribution in [1.29, 1.82) is 0 Å². The highest BCUT2D eigenvalue weighted by molar-refractivity contribution is 6.33. The topological polar surface area (TPSA) is 59.8 Å². The first-order valence-corrected chi connectivity index (χ1v) is 9.27. The molecule has 0 spiro atoms. The van der Waals surface area contributed by atoms with E-state index in [0.29, 0.717) is 0 Å². The van der Waals surface area contributed by atoms with Crippen LogP contribution in [0.25, 0.3) is 16.9 Å². The molecule has 0 aliphatic rings. The van der Waals surface area contributed by atoms with Crippen LogP contribution in [-0.2, 0) is 6.54 Å². The summed E-state index contributed by atoms with van der Waals surface area (Å²) in [5.41, 5.74) is 3.57. The number of carbonyl (C=O) groups is 1. The van der Waals surface area contributed by atoms with Gasteiger partial charge in [-0.25, -0.2) is 9.07 Å². The van der Waals surface area contributed by atoms with Crippen molar-refractivity contribution in [1.82, 2.24) is 20.1 Å². The van der Waals surface area contributed by atoms with E-state index >= 15 is 0 Å². The van der Waals surface area contributed by atoms with Gasteiger partial charge in [-0.1, -0.05) is 29.8 Å². The molecule has 0 radical (unpaired) electrons. The van der Waals surface area contributed by atoms with Gasteiger partial charge in [0.15, 0.2) is 0 Å². The largest absolute Gasteiger partial charge is 0.348 e. The molecule has 29 heavy (non-hydrogen) atoms. The van der Waals surface area contributed by atoms with E-state index in [0.717, 1.165) is 28.6 Å². The quantitative estimate of drug-likeness (QED) is 0.524. The lowest BCUT2D eigenvalue weighted by Gasteiger charge is -2.07. The monoisotopic (exact) mass is 406 g/mol. The normalized spacial score (nSPS) is 10.7. The molecule has 0 aliphatic carbocycles. The van der Waals surface area contributed by atoms with Gasteiger partial charge in [-0.2, -0.15) is 5.10 Å². The van der Waals surface area contributed by atoms with E-state index in [2.05, 4.69) is 10.3 Å². The van der Waals surface area contributed by atoms with Crippen LogP contribution in [0.1, 0.15) is 15.9 Å². The minimum atomic E-state index is -0.490. The highest BCUT2D eigenvalue weighted by Gasteiger charge is 2.15. The Hall–Kier alpha value is -3.51. The molecule has 4 aromatic rings. The van der Waals surface area contributed by atoms with E-state index in [4.69, 9.17) is 16.7 Å². The molecule has 0 fully saturated rings. The standard InChI is InChI=1S/C22H16ClFN4O/c23-20-12-17(24)6-7-19(20)22(29)26-13-16-14-28(18-4-2-1-3-5-18)27-21(16)15-8-10-25-11-9-15/h1-12,14H,13H2,(H,26,29). The van der Waals surface area contributed by atoms with Crippen LogP contribution in [0.3, 0.4) is 0 Å². The molecule has 2 heterocycles. The first kappa shape index (κ1) is 18.8. The molecule has 2 aromatic carbocycles. The smallest absolute Gasteiger partial charge is 0.253 e. The number of benzene rings is 2. The zero-order valence-corrected chi connectivity index (χ0v) is 16.0. The SMILES string of the molecule is O=C(NCc1cn(-c2ccccc2)nc1-c1ccncc1)c1ccc(F)cc1Cl. The van der Waals surface area contributed by atoms with Crippen molar-refractivity contribution in [3.63, 3.8) is 0 Å². The van der Waals surface area contributed by atoms with Gasteiger partial charge in [0.25, 0.3) is 5.91 Å². The summed E-state index contributed by atoms with van der Waals surface area (Å²) in [7, 11) is 0. The van der Waals surface area contributed by atoms with Crippen molar-refractivity contribution >= 4 is 17.5 Å². The molecular formula is C22H16ClFN4O. The van der Waals surface area contributed by atoms with E-state index in [1.54, 1.807) is 17.1 Å². The molecule has 4 rings (SSSR count). The number of rotatable bonds is 5. The van der Waals surface area contributed by atoms with Crippen LogP contribution < -0.4 is 5.32 Å². The molecule has 144 valence electrons. The summed E-state index contributed by atoms with van der Waals surface area (Å²) >= 11 is 5.99. The van der Waals surface area contributed by atoms with Gasteiger partial charge in [0.05, 0.1) is 22.0 Å². The number of nitrogens with zero attached hydrogens (tertiary/aromatic N) is 3. The summed E-state index contributed by atoms with van der Waals surface area (Å²) in [5.74, 6) is -0.876. The van der Waals surface area contributed by atoms with Crippen molar-refractivity contribution in [2.45, 2.75) is 6.54 Å². The van der Waals surface area contributed by atoms with Crippen LogP contribution in [0.4, 0.5) is 4.39 Å². The average molecular weight is 407 g/mol. The number of hydrogen-bond acceptors (Lipinski definition) is 3. The zero-order valence-electron chi connectivity index (χ0n) is 15.2. The number of para-hydroxylation sites is 1. The third-order valence-electron chi connectivity index (χ3n) is 4.38. The maximum Gasteiger partial charge on any atom is 0.253 e. The van der Waals surface area contributed by atoms with Crippen LogP contribution in [0, 0.1) is 5.82 Å². The molecule has 2 aromatic heterocycles. The van der Waals surface area contributed by atoms with Crippen molar-refractivity contribution in [2.24, 2.45) is 0 Å². The number of nitrogens with one attached hydrogen (secondary N) is 1. The number of halogens is 2. The Morgan fingerprint density at radius 2 is 1.83 bits per heavy atom. The Balaban J connectivity index is 1.63. The van der Waals surface area contributed by atoms with Gasteiger partial charge in [0, 0.05) is 36.3 Å². The van der Waals surface area contributed by atoms with Crippen LogP contribution >= 0.6 is 11.6 Å². The predicted molar refractivity (Wildman–Crippen MR) is 109 cm³/mol. The molecule has 0 saturated heterocycles. The number of hydrogen-bond donors (Lipinski definition) is 1. The molecule has 0 bridgehead atoms. The lowest BCUT2D eigenvalue weighted by molar-refractivity contribution is 0.0951. The second-order valence-corrected chi connectivity index (χ2v) is 6.73. The van der Waals surface area contributed by atoms with Crippen LogP contribution in [0.2, 0.25) is 5.02 Å². The Morgan fingerprint density at radius 3 is 2.55 bits per heavy atom. The number of amides is 1. The first-order valence-electron chi connectivity index (χ1n) is 8.89. The van der Waals surface area contributed by atoms with Gasteiger partial charge in [-0.3, -0.25) is 9.78 Å². The third-order valence-corrected chi connectivity index (χ3v) is 4.69. The summed E-state index contributed by atoms with van der Waals surface area (Å²) in [6, 6.07) is 17.1. The van der Waals surface area contributed by atoms with E-state index in [1.807, 2.05) is 48.7 Å². The Kier molecular flexibility index (Phi) is 5.35. The van der Waals surface area contributed by atoms with Gasteiger partial charge < -0.3 is 5.32 Å². The van der Waals surface area contributed by atoms with E-state index in [-0.39, 0.29) is 23.0 Å². The molecule has 1 amide bonds. The predicted octanol–water partition coefficient (Wildman–Crippen LogP) is 4.66. The molecule has 0 aliphatic heterocycles. The minimum absolute atomic E-state index is 0.0665. The highest BCUT2D eigenvalue weighted by Crippen LogP contribution is 2.24. The summed E-state index contributed by atoms with van der Waals surface area (Å²) in [5, 5.41) is 7.59. The lowest BCUT2D eigenvalue weighted by Crippen LogP contribution is -2.23. The second kappa shape index (κ2) is 8.24. The summed E-state index contributed by atoms with van der Waals surface area (Å²) in [6.45, 7) is 0.233. The number of pyridine rings is 1. The van der Waals surface area contributed by atoms with Gasteiger partial charge in [-0.15, -0.1) is 0 Å². The zero-order chi connectivity index (χ0) is 20.2. The number of aromatic nitrogens is 3. The van der Waals surface area contributed by atoms with Gasteiger partial charge in [0.1, 0.15) is 5.82 Å². The van der Waals surface area contributed by atoms with Gasteiger partial charge in [-0.05, 0) is 42.5 Å². The number of carbonyl (C=O) groups excluding carboxylic acids is 1. The second-order valence-electron chi connectivity index (χ2n) is 6.33. The first-order chi connectivity index (χ1) is 14.1. The fraction of sp³-hybridized carbons (Fsp3) is 0.0455. The van der Waals surface area contributed by atoms with Crippen LogP contribution in [0.15, 0.2) is 79.3 Å². The van der Waals surface area contributed by atoms with Crippen molar-refractivity contribution in [3.8, 4) is 16.9 Å². The van der Waals surface area contributed by atoms with Crippen LogP contribution in [0.5, 0.6) is 0 Å². The van der Waals surface area contributed by atoms with Crippen molar-refractivity contribution in [3.05, 3.63) is 101 Å². The van der Waals surface area contributed by atoms with Gasteiger partial charge in [0.2, 0.25) is 0 Å². The lowest BCUT2D eigenvalue weighted by atomic mass is 10.1. The maximum atomic E-state index is 13.2. The molecule has 1 N–H and O–H groups in total. The van der Waals surface area contributed by atoms with Crippen molar-refractivity contribution in [2.75, 3.05) is 0 Å². The molecule has 0 saturated carbocycles. The van der Waals surface area contributed by atoms with Crippen molar-refractivity contribution < 1.29 is 9.18 Å². The fourth-order valence-corrected chi connectivity index (χ4v) is 3.20. The van der Waals surface area contributed by atoms with Gasteiger partial charge >= 0.3 is 0 Å². The fourth-order valence-electron chi connectivity index (χ4n) is 2.95. The third kappa shape index (κ3) is 4.17. The summed E-state index contributed by atoms with van der Waals surface area (Å²) < 4.78 is 15.0. The molecule has 5 nitrogen and oxygen atoms in total. The average Bonchev–Trinajstić information content (AvgIpc) is 3.18. The summed E-state index contributed by atoms with van der Waals surface area (Å²) in [4.78, 5) is 16.6. The molecular weight excluding hydrogens is 391 g/mol. The van der Waals surface area contributed by atoms with E-state index < -0.39 is 5.82 Å². The molecule has 0 unspecified atom stereocenters. The Morgan fingerprint density at radius 1 is 1.07 bits per heavy atom. The maximum absolute atomic E-state index is 13.2. The molecule has 0 atom stereocenters. The summed E-state index contributed by atoms with van der Waals surface area (Å²) in [6.07, 6.45) is 5.26. The Bertz CT molecular complexity index is 1150. The Labute approximate surface area is 171 Å².